The van der Waals surface area contributed by atoms with Gasteiger partial charge in [-0.25, -0.2) is 0 Å². The minimum Gasteiger partial charge on any atom is -0.384 e. The SMILES string of the molecule is CCC1(C)C(C)CC1COC. The average Bonchev–Trinajstić information content (AvgIpc) is 2.03. The highest BCUT2D eigenvalue weighted by molar-refractivity contribution is 4.96. The van der Waals surface area contributed by atoms with Crippen LogP contribution in [-0.4, -0.2) is 13.7 Å². The molecule has 1 nitrogen and oxygen atoms in total. The number of methoxy groups -OCH3 is 1. The van der Waals surface area contributed by atoms with Gasteiger partial charge in [0.15, 0.2) is 0 Å². The zero-order chi connectivity index (χ0) is 8.48. The fraction of sp³-hybridized carbons (Fsp3) is 1.00. The normalized spacial score (nSPS) is 43.6. The van der Waals surface area contributed by atoms with Gasteiger partial charge < -0.3 is 4.74 Å². The molecule has 0 amide bonds. The quantitative estimate of drug-likeness (QED) is 0.610. The van der Waals surface area contributed by atoms with Crippen LogP contribution < -0.4 is 0 Å². The maximum atomic E-state index is 5.19. The van der Waals surface area contributed by atoms with Crippen molar-refractivity contribution in [2.45, 2.75) is 33.6 Å². The lowest BCUT2D eigenvalue weighted by atomic mass is 9.53. The highest BCUT2D eigenvalue weighted by Crippen LogP contribution is 2.53. The molecule has 11 heavy (non-hydrogen) atoms. The first-order valence-corrected chi connectivity index (χ1v) is 4.64. The van der Waals surface area contributed by atoms with Gasteiger partial charge in [0.1, 0.15) is 0 Å². The Morgan fingerprint density at radius 1 is 1.55 bits per heavy atom. The molecule has 0 saturated heterocycles. The molecule has 66 valence electrons. The lowest BCUT2D eigenvalue weighted by Crippen LogP contribution is -2.47. The van der Waals surface area contributed by atoms with Crippen molar-refractivity contribution in [3.05, 3.63) is 0 Å². The summed E-state index contributed by atoms with van der Waals surface area (Å²) in [7, 11) is 1.80. The fourth-order valence-corrected chi connectivity index (χ4v) is 2.30. The predicted molar refractivity (Wildman–Crippen MR) is 47.5 cm³/mol. The largest absolute Gasteiger partial charge is 0.384 e. The molecule has 0 radical (unpaired) electrons. The van der Waals surface area contributed by atoms with E-state index in [1.54, 1.807) is 7.11 Å². The minimum atomic E-state index is 0.565. The van der Waals surface area contributed by atoms with E-state index in [1.165, 1.54) is 12.8 Å². The first kappa shape index (κ1) is 9.05. The van der Waals surface area contributed by atoms with Gasteiger partial charge >= 0.3 is 0 Å². The van der Waals surface area contributed by atoms with Crippen LogP contribution in [0.3, 0.4) is 0 Å². The summed E-state index contributed by atoms with van der Waals surface area (Å²) in [4.78, 5) is 0. The third-order valence-electron chi connectivity index (χ3n) is 3.83. The second kappa shape index (κ2) is 3.14. The van der Waals surface area contributed by atoms with Gasteiger partial charge in [0.05, 0.1) is 0 Å². The molecule has 3 atom stereocenters. The summed E-state index contributed by atoms with van der Waals surface area (Å²) < 4.78 is 5.19. The Hall–Kier alpha value is -0.0400. The van der Waals surface area contributed by atoms with Crippen LogP contribution in [0.4, 0.5) is 0 Å². The van der Waals surface area contributed by atoms with Crippen molar-refractivity contribution in [1.29, 1.82) is 0 Å². The lowest BCUT2D eigenvalue weighted by Gasteiger charge is -2.52. The monoisotopic (exact) mass is 156 g/mol. The molecule has 0 heterocycles. The maximum absolute atomic E-state index is 5.19. The highest BCUT2D eigenvalue weighted by Gasteiger charge is 2.47. The molecule has 3 unspecified atom stereocenters. The van der Waals surface area contributed by atoms with E-state index in [0.29, 0.717) is 5.41 Å². The highest BCUT2D eigenvalue weighted by atomic mass is 16.5. The van der Waals surface area contributed by atoms with Gasteiger partial charge in [-0.15, -0.1) is 0 Å². The lowest BCUT2D eigenvalue weighted by molar-refractivity contribution is -0.0690. The van der Waals surface area contributed by atoms with Crippen LogP contribution >= 0.6 is 0 Å². The molecule has 0 aromatic rings. The summed E-state index contributed by atoms with van der Waals surface area (Å²) in [6.45, 7) is 7.99. The number of rotatable bonds is 3. The van der Waals surface area contributed by atoms with Crippen LogP contribution in [0.2, 0.25) is 0 Å². The third-order valence-corrected chi connectivity index (χ3v) is 3.83. The molecule has 0 N–H and O–H groups in total. The van der Waals surface area contributed by atoms with Crippen molar-refractivity contribution in [2.24, 2.45) is 17.3 Å². The first-order chi connectivity index (χ1) is 5.15. The molecule has 0 aromatic carbocycles. The maximum Gasteiger partial charge on any atom is 0.0495 e. The smallest absolute Gasteiger partial charge is 0.0495 e. The van der Waals surface area contributed by atoms with E-state index < -0.39 is 0 Å². The molecule has 1 rings (SSSR count). The van der Waals surface area contributed by atoms with E-state index in [1.807, 2.05) is 0 Å². The van der Waals surface area contributed by atoms with Gasteiger partial charge in [0.25, 0.3) is 0 Å². The standard InChI is InChI=1S/C10H20O/c1-5-10(3)8(2)6-9(10)7-11-4/h8-9H,5-7H2,1-4H3. The van der Waals surface area contributed by atoms with Crippen LogP contribution in [0.15, 0.2) is 0 Å². The van der Waals surface area contributed by atoms with Crippen molar-refractivity contribution in [1.82, 2.24) is 0 Å². The van der Waals surface area contributed by atoms with Crippen LogP contribution in [0.25, 0.3) is 0 Å². The van der Waals surface area contributed by atoms with Gasteiger partial charge in [-0.2, -0.15) is 0 Å². The van der Waals surface area contributed by atoms with Gasteiger partial charge in [-0.1, -0.05) is 27.2 Å². The Labute approximate surface area is 70.1 Å². The first-order valence-electron chi connectivity index (χ1n) is 4.64. The van der Waals surface area contributed by atoms with Gasteiger partial charge in [0, 0.05) is 13.7 Å². The Kier molecular flexibility index (Phi) is 2.58. The molecule has 1 fully saturated rings. The second-order valence-corrected chi connectivity index (χ2v) is 4.15. The van der Waals surface area contributed by atoms with Crippen LogP contribution in [0.5, 0.6) is 0 Å². The van der Waals surface area contributed by atoms with E-state index in [2.05, 4.69) is 20.8 Å². The van der Waals surface area contributed by atoms with Crippen molar-refractivity contribution >= 4 is 0 Å². The molecule has 1 saturated carbocycles. The van der Waals surface area contributed by atoms with Crippen molar-refractivity contribution < 1.29 is 4.74 Å². The fourth-order valence-electron chi connectivity index (χ4n) is 2.30. The summed E-state index contributed by atoms with van der Waals surface area (Å²) in [5.41, 5.74) is 0.565. The summed E-state index contributed by atoms with van der Waals surface area (Å²) in [5.74, 6) is 1.71. The topological polar surface area (TPSA) is 9.23 Å². The van der Waals surface area contributed by atoms with Crippen LogP contribution in [0.1, 0.15) is 33.6 Å². The Morgan fingerprint density at radius 3 is 2.55 bits per heavy atom. The Morgan fingerprint density at radius 2 is 2.18 bits per heavy atom. The van der Waals surface area contributed by atoms with Crippen molar-refractivity contribution in [3.63, 3.8) is 0 Å². The average molecular weight is 156 g/mol. The molecular weight excluding hydrogens is 136 g/mol. The summed E-state index contributed by atoms with van der Waals surface area (Å²) in [5, 5.41) is 0. The molecule has 1 aliphatic carbocycles. The van der Waals surface area contributed by atoms with Gasteiger partial charge in [-0.05, 0) is 23.7 Å². The number of ether oxygens (including phenoxy) is 1. The van der Waals surface area contributed by atoms with Gasteiger partial charge in [0.2, 0.25) is 0 Å². The molecule has 1 heteroatoms. The van der Waals surface area contributed by atoms with E-state index in [-0.39, 0.29) is 0 Å². The van der Waals surface area contributed by atoms with E-state index >= 15 is 0 Å². The molecule has 0 aliphatic heterocycles. The zero-order valence-corrected chi connectivity index (χ0v) is 8.18. The molecule has 1 aliphatic rings. The third kappa shape index (κ3) is 1.31. The summed E-state index contributed by atoms with van der Waals surface area (Å²) >= 11 is 0. The second-order valence-electron chi connectivity index (χ2n) is 4.15. The Balaban J connectivity index is 2.47. The summed E-state index contributed by atoms with van der Waals surface area (Å²) in [6.07, 6.45) is 2.65. The molecular formula is C10H20O. The zero-order valence-electron chi connectivity index (χ0n) is 8.18. The molecule has 0 bridgehead atoms. The summed E-state index contributed by atoms with van der Waals surface area (Å²) in [6, 6.07) is 0. The van der Waals surface area contributed by atoms with E-state index in [9.17, 15) is 0 Å². The minimum absolute atomic E-state index is 0.565. The van der Waals surface area contributed by atoms with E-state index in [0.717, 1.165) is 18.4 Å². The number of hydrogen-bond donors (Lipinski definition) is 0. The van der Waals surface area contributed by atoms with E-state index in [4.69, 9.17) is 4.74 Å². The van der Waals surface area contributed by atoms with Gasteiger partial charge in [-0.3, -0.25) is 0 Å². The molecule has 0 aromatic heterocycles. The predicted octanol–water partition coefficient (Wildman–Crippen LogP) is 2.71. The van der Waals surface area contributed by atoms with Crippen LogP contribution in [0, 0.1) is 17.3 Å². The van der Waals surface area contributed by atoms with Crippen LogP contribution in [-0.2, 0) is 4.74 Å². The molecule has 0 spiro atoms. The van der Waals surface area contributed by atoms with Crippen molar-refractivity contribution in [2.75, 3.05) is 13.7 Å². The van der Waals surface area contributed by atoms with Crippen molar-refractivity contribution in [3.8, 4) is 0 Å². The Bertz CT molecular complexity index is 131. The number of hydrogen-bond acceptors (Lipinski definition) is 1.